The zero-order valence-corrected chi connectivity index (χ0v) is 10.3. The number of imide groups is 1. The molecule has 2 bridgehead atoms. The van der Waals surface area contributed by atoms with Gasteiger partial charge in [-0.1, -0.05) is 13.8 Å². The van der Waals surface area contributed by atoms with Gasteiger partial charge in [0.1, 0.15) is 12.2 Å². The van der Waals surface area contributed by atoms with Crippen molar-refractivity contribution in [3.05, 3.63) is 0 Å². The highest BCUT2D eigenvalue weighted by Crippen LogP contribution is 2.30. The third-order valence-electron chi connectivity index (χ3n) is 3.36. The molecular weight excluding hydrogens is 222 g/mol. The number of aliphatic hydroxyl groups excluding tert-OH is 1. The van der Waals surface area contributed by atoms with Crippen LogP contribution in [0.3, 0.4) is 0 Å². The zero-order valence-electron chi connectivity index (χ0n) is 10.3. The SMILES string of the molecule is CC(C)CC(CO)N1C(=O)C2CCC(O2)C1=O. The number of aliphatic hydroxyl groups is 1. The molecule has 0 aromatic rings. The van der Waals surface area contributed by atoms with Crippen molar-refractivity contribution < 1.29 is 19.4 Å². The molecule has 0 aromatic carbocycles. The van der Waals surface area contributed by atoms with E-state index in [0.29, 0.717) is 25.2 Å². The maximum absolute atomic E-state index is 12.0. The van der Waals surface area contributed by atoms with Crippen LogP contribution in [-0.4, -0.2) is 46.7 Å². The number of hydrogen-bond donors (Lipinski definition) is 1. The van der Waals surface area contributed by atoms with Gasteiger partial charge >= 0.3 is 0 Å². The van der Waals surface area contributed by atoms with Gasteiger partial charge in [0.25, 0.3) is 11.8 Å². The lowest BCUT2D eigenvalue weighted by Gasteiger charge is -2.35. The number of fused-ring (bicyclic) bond motifs is 2. The summed E-state index contributed by atoms with van der Waals surface area (Å²) in [5.74, 6) is -0.222. The monoisotopic (exact) mass is 241 g/mol. The van der Waals surface area contributed by atoms with Crippen molar-refractivity contribution in [2.24, 2.45) is 5.92 Å². The van der Waals surface area contributed by atoms with Crippen molar-refractivity contribution >= 4 is 11.8 Å². The molecule has 2 fully saturated rings. The van der Waals surface area contributed by atoms with E-state index in [-0.39, 0.29) is 18.4 Å². The first-order valence-electron chi connectivity index (χ1n) is 6.17. The normalized spacial score (nSPS) is 30.2. The summed E-state index contributed by atoms with van der Waals surface area (Å²) in [5.41, 5.74) is 0. The quantitative estimate of drug-likeness (QED) is 0.719. The standard InChI is InChI=1S/C12H19NO4/c1-7(2)5-8(6-14)13-11(15)9-3-4-10(17-9)12(13)16/h7-10,14H,3-6H2,1-2H3. The predicted molar refractivity (Wildman–Crippen MR) is 60.1 cm³/mol. The van der Waals surface area contributed by atoms with Gasteiger partial charge in [-0.3, -0.25) is 14.5 Å². The van der Waals surface area contributed by atoms with E-state index in [2.05, 4.69) is 0 Å². The van der Waals surface area contributed by atoms with Gasteiger partial charge in [0.05, 0.1) is 12.6 Å². The number of carbonyl (C=O) groups excluding carboxylic acids is 2. The van der Waals surface area contributed by atoms with Crippen molar-refractivity contribution in [1.82, 2.24) is 4.90 Å². The minimum Gasteiger partial charge on any atom is -0.394 e. The third-order valence-corrected chi connectivity index (χ3v) is 3.36. The van der Waals surface area contributed by atoms with Crippen LogP contribution in [0.1, 0.15) is 33.1 Å². The van der Waals surface area contributed by atoms with Gasteiger partial charge in [0.15, 0.2) is 0 Å². The van der Waals surface area contributed by atoms with Crippen LogP contribution in [0.2, 0.25) is 0 Å². The van der Waals surface area contributed by atoms with Crippen LogP contribution in [0, 0.1) is 5.92 Å². The van der Waals surface area contributed by atoms with Crippen LogP contribution in [-0.2, 0) is 14.3 Å². The number of amides is 2. The van der Waals surface area contributed by atoms with Crippen molar-refractivity contribution in [3.8, 4) is 0 Å². The number of nitrogens with zero attached hydrogens (tertiary/aromatic N) is 1. The van der Waals surface area contributed by atoms with E-state index in [1.54, 1.807) is 0 Å². The molecule has 96 valence electrons. The average molecular weight is 241 g/mol. The highest BCUT2D eigenvalue weighted by molar-refractivity contribution is 6.02. The third kappa shape index (κ3) is 2.21. The summed E-state index contributed by atoms with van der Waals surface area (Å²) >= 11 is 0. The molecule has 0 aromatic heterocycles. The molecule has 17 heavy (non-hydrogen) atoms. The number of hydrogen-bond acceptors (Lipinski definition) is 4. The molecule has 5 heteroatoms. The Balaban J connectivity index is 2.17. The van der Waals surface area contributed by atoms with E-state index in [1.807, 2.05) is 13.8 Å². The molecule has 2 heterocycles. The van der Waals surface area contributed by atoms with Crippen molar-refractivity contribution in [3.63, 3.8) is 0 Å². The van der Waals surface area contributed by atoms with Crippen LogP contribution in [0.4, 0.5) is 0 Å². The molecule has 2 amide bonds. The molecule has 2 saturated heterocycles. The van der Waals surface area contributed by atoms with Crippen molar-refractivity contribution in [1.29, 1.82) is 0 Å². The summed E-state index contributed by atoms with van der Waals surface area (Å²) in [6.07, 6.45) is 0.919. The molecule has 0 aliphatic carbocycles. The number of carbonyl (C=O) groups is 2. The molecule has 3 atom stereocenters. The molecule has 2 aliphatic rings. The minimum absolute atomic E-state index is 0.172. The molecular formula is C12H19NO4. The molecule has 0 spiro atoms. The maximum atomic E-state index is 12.0. The highest BCUT2D eigenvalue weighted by atomic mass is 16.5. The zero-order chi connectivity index (χ0) is 12.6. The second-order valence-corrected chi connectivity index (χ2v) is 5.20. The first-order valence-corrected chi connectivity index (χ1v) is 6.17. The fourth-order valence-corrected chi connectivity index (χ4v) is 2.58. The van der Waals surface area contributed by atoms with Crippen molar-refractivity contribution in [2.75, 3.05) is 6.61 Å². The summed E-state index contributed by atoms with van der Waals surface area (Å²) in [6.45, 7) is 3.84. The highest BCUT2D eigenvalue weighted by Gasteiger charge is 2.48. The fourth-order valence-electron chi connectivity index (χ4n) is 2.58. The predicted octanol–water partition coefficient (Wildman–Crippen LogP) is 0.310. The number of rotatable bonds is 4. The number of ether oxygens (including phenoxy) is 1. The molecule has 2 rings (SSSR count). The largest absolute Gasteiger partial charge is 0.394 e. The van der Waals surface area contributed by atoms with E-state index in [0.717, 1.165) is 0 Å². The Bertz CT molecular complexity index is 306. The van der Waals surface area contributed by atoms with E-state index in [4.69, 9.17) is 4.74 Å². The van der Waals surface area contributed by atoms with E-state index >= 15 is 0 Å². The van der Waals surface area contributed by atoms with Gasteiger partial charge in [0.2, 0.25) is 0 Å². The van der Waals surface area contributed by atoms with Gasteiger partial charge < -0.3 is 9.84 Å². The van der Waals surface area contributed by atoms with E-state index in [1.165, 1.54) is 4.90 Å². The average Bonchev–Trinajstić information content (AvgIpc) is 2.71. The minimum atomic E-state index is -0.473. The van der Waals surface area contributed by atoms with Crippen LogP contribution < -0.4 is 0 Å². The van der Waals surface area contributed by atoms with Crippen molar-refractivity contribution in [2.45, 2.75) is 51.4 Å². The molecule has 2 aliphatic heterocycles. The summed E-state index contributed by atoms with van der Waals surface area (Å²) in [7, 11) is 0. The Morgan fingerprint density at radius 2 is 1.82 bits per heavy atom. The Kier molecular flexibility index (Phi) is 3.49. The molecule has 3 unspecified atom stereocenters. The second-order valence-electron chi connectivity index (χ2n) is 5.20. The lowest BCUT2D eigenvalue weighted by Crippen LogP contribution is -2.57. The lowest BCUT2D eigenvalue weighted by atomic mass is 10.0. The lowest BCUT2D eigenvalue weighted by molar-refractivity contribution is -0.173. The van der Waals surface area contributed by atoms with Gasteiger partial charge in [-0.15, -0.1) is 0 Å². The van der Waals surface area contributed by atoms with Crippen LogP contribution in [0.15, 0.2) is 0 Å². The van der Waals surface area contributed by atoms with Crippen LogP contribution in [0.25, 0.3) is 0 Å². The summed E-state index contributed by atoms with van der Waals surface area (Å²) in [4.78, 5) is 25.3. The van der Waals surface area contributed by atoms with E-state index < -0.39 is 18.2 Å². The van der Waals surface area contributed by atoms with Gasteiger partial charge in [0, 0.05) is 0 Å². The Hall–Kier alpha value is -0.940. The first-order chi connectivity index (χ1) is 8.04. The van der Waals surface area contributed by atoms with E-state index in [9.17, 15) is 14.7 Å². The summed E-state index contributed by atoms with van der Waals surface area (Å²) in [6, 6.07) is -0.401. The summed E-state index contributed by atoms with van der Waals surface area (Å²) in [5, 5.41) is 9.37. The maximum Gasteiger partial charge on any atom is 0.258 e. The van der Waals surface area contributed by atoms with Gasteiger partial charge in [-0.25, -0.2) is 0 Å². The molecule has 5 nitrogen and oxygen atoms in total. The second kappa shape index (κ2) is 4.74. The molecule has 0 radical (unpaired) electrons. The van der Waals surface area contributed by atoms with Crippen LogP contribution in [0.5, 0.6) is 0 Å². The van der Waals surface area contributed by atoms with Crippen LogP contribution >= 0.6 is 0 Å². The topological polar surface area (TPSA) is 66.8 Å². The van der Waals surface area contributed by atoms with Gasteiger partial charge in [-0.2, -0.15) is 0 Å². The first kappa shape index (κ1) is 12.5. The number of morpholine rings is 1. The molecule has 0 saturated carbocycles. The summed E-state index contributed by atoms with van der Waals surface area (Å²) < 4.78 is 5.33. The Morgan fingerprint density at radius 1 is 1.29 bits per heavy atom. The molecule has 1 N–H and O–H groups in total. The Morgan fingerprint density at radius 3 is 2.24 bits per heavy atom. The smallest absolute Gasteiger partial charge is 0.258 e. The Labute approximate surface area is 101 Å². The number of likely N-dealkylation sites (tertiary alicyclic amines) is 1. The fraction of sp³-hybridized carbons (Fsp3) is 0.833. The van der Waals surface area contributed by atoms with Gasteiger partial charge in [-0.05, 0) is 25.2 Å².